The highest BCUT2D eigenvalue weighted by Gasteiger charge is 2.14. The van der Waals surface area contributed by atoms with E-state index in [-0.39, 0.29) is 17.4 Å². The van der Waals surface area contributed by atoms with Crippen LogP contribution >= 0.6 is 0 Å². The van der Waals surface area contributed by atoms with Crippen LogP contribution in [0.5, 0.6) is 5.75 Å². The lowest BCUT2D eigenvalue weighted by Crippen LogP contribution is -2.28. The molecule has 1 atom stereocenters. The highest BCUT2D eigenvalue weighted by Crippen LogP contribution is 2.23. The van der Waals surface area contributed by atoms with Crippen LogP contribution < -0.4 is 10.1 Å². The molecule has 2 aromatic carbocycles. The van der Waals surface area contributed by atoms with Crippen molar-refractivity contribution in [2.45, 2.75) is 58.4 Å². The van der Waals surface area contributed by atoms with Gasteiger partial charge in [0.25, 0.3) is 0 Å². The Labute approximate surface area is 157 Å². The third-order valence-electron chi connectivity index (χ3n) is 4.72. The zero-order valence-electron chi connectivity index (χ0n) is 16.6. The van der Waals surface area contributed by atoms with Crippen molar-refractivity contribution in [3.8, 4) is 5.75 Å². The first-order chi connectivity index (χ1) is 12.3. The Balaban J connectivity index is 1.90. The summed E-state index contributed by atoms with van der Waals surface area (Å²) < 4.78 is 5.19. The summed E-state index contributed by atoms with van der Waals surface area (Å²) >= 11 is 0. The average molecular weight is 354 g/mol. The number of carbonyl (C=O) groups is 1. The average Bonchev–Trinajstić information content (AvgIpc) is 2.64. The fourth-order valence-electron chi connectivity index (χ4n) is 2.95. The summed E-state index contributed by atoms with van der Waals surface area (Å²) in [6.45, 7) is 8.71. The first kappa shape index (κ1) is 20.0. The fourth-order valence-corrected chi connectivity index (χ4v) is 2.95. The van der Waals surface area contributed by atoms with Gasteiger partial charge in [-0.05, 0) is 47.1 Å². The minimum absolute atomic E-state index is 0.0386. The van der Waals surface area contributed by atoms with Gasteiger partial charge in [0, 0.05) is 6.42 Å². The molecule has 2 rings (SSSR count). The standard InChI is InChI=1S/C23H31NO2/c1-6-21(18-10-14-20(26-5)15-11-18)24-22(25)16-9-17-7-12-19(13-8-17)23(2,3)4/h7-8,10-15,21H,6,9,16H2,1-5H3,(H,24,25). The molecule has 0 spiro atoms. The second-order valence-electron chi connectivity index (χ2n) is 7.75. The number of aryl methyl sites for hydroxylation is 1. The molecule has 1 N–H and O–H groups in total. The van der Waals surface area contributed by atoms with Gasteiger partial charge in [0.05, 0.1) is 13.2 Å². The van der Waals surface area contributed by atoms with Crippen LogP contribution in [-0.2, 0) is 16.6 Å². The molecule has 0 saturated carbocycles. The minimum atomic E-state index is 0.0386. The lowest BCUT2D eigenvalue weighted by Gasteiger charge is -2.19. The molecule has 0 saturated heterocycles. The van der Waals surface area contributed by atoms with E-state index in [4.69, 9.17) is 4.74 Å². The van der Waals surface area contributed by atoms with E-state index in [1.807, 2.05) is 24.3 Å². The van der Waals surface area contributed by atoms with Gasteiger partial charge < -0.3 is 10.1 Å². The van der Waals surface area contributed by atoms with Crippen LogP contribution in [0.15, 0.2) is 48.5 Å². The molecular formula is C23H31NO2. The number of hydrogen-bond acceptors (Lipinski definition) is 2. The second-order valence-corrected chi connectivity index (χ2v) is 7.75. The molecule has 3 heteroatoms. The van der Waals surface area contributed by atoms with Gasteiger partial charge in [-0.1, -0.05) is 64.1 Å². The SMILES string of the molecule is CCC(NC(=O)CCc1ccc(C(C)(C)C)cc1)c1ccc(OC)cc1. The summed E-state index contributed by atoms with van der Waals surface area (Å²) in [4.78, 5) is 12.4. The third kappa shape index (κ3) is 5.62. The van der Waals surface area contributed by atoms with Gasteiger partial charge in [0.2, 0.25) is 5.91 Å². The number of nitrogens with one attached hydrogen (secondary N) is 1. The van der Waals surface area contributed by atoms with Gasteiger partial charge in [0.1, 0.15) is 5.75 Å². The predicted octanol–water partition coefficient (Wildman–Crippen LogP) is 5.19. The Morgan fingerprint density at radius 3 is 2.15 bits per heavy atom. The molecule has 0 heterocycles. The predicted molar refractivity (Wildman–Crippen MR) is 108 cm³/mol. The molecule has 0 fully saturated rings. The van der Waals surface area contributed by atoms with Gasteiger partial charge in [-0.3, -0.25) is 4.79 Å². The number of hydrogen-bond donors (Lipinski definition) is 1. The van der Waals surface area contributed by atoms with Crippen molar-refractivity contribution < 1.29 is 9.53 Å². The molecule has 2 aromatic rings. The smallest absolute Gasteiger partial charge is 0.220 e. The van der Waals surface area contributed by atoms with Gasteiger partial charge in [-0.15, -0.1) is 0 Å². The minimum Gasteiger partial charge on any atom is -0.497 e. The Bertz CT molecular complexity index is 696. The lowest BCUT2D eigenvalue weighted by atomic mass is 9.86. The van der Waals surface area contributed by atoms with E-state index in [1.54, 1.807) is 7.11 Å². The first-order valence-corrected chi connectivity index (χ1v) is 9.36. The molecular weight excluding hydrogens is 322 g/mol. The van der Waals surface area contributed by atoms with Crippen molar-refractivity contribution in [3.63, 3.8) is 0 Å². The van der Waals surface area contributed by atoms with Crippen LogP contribution in [0.4, 0.5) is 0 Å². The maximum absolute atomic E-state index is 12.4. The second kappa shape index (κ2) is 8.88. The number of ether oxygens (including phenoxy) is 1. The molecule has 0 radical (unpaired) electrons. The number of benzene rings is 2. The molecule has 0 aliphatic rings. The molecule has 140 valence electrons. The van der Waals surface area contributed by atoms with Crippen molar-refractivity contribution >= 4 is 5.91 Å². The van der Waals surface area contributed by atoms with Crippen LogP contribution in [0.25, 0.3) is 0 Å². The van der Waals surface area contributed by atoms with E-state index in [1.165, 1.54) is 11.1 Å². The van der Waals surface area contributed by atoms with Crippen molar-refractivity contribution in [2.75, 3.05) is 7.11 Å². The van der Waals surface area contributed by atoms with E-state index in [0.29, 0.717) is 6.42 Å². The molecule has 26 heavy (non-hydrogen) atoms. The first-order valence-electron chi connectivity index (χ1n) is 9.36. The Morgan fingerprint density at radius 1 is 1.04 bits per heavy atom. The van der Waals surface area contributed by atoms with Crippen LogP contribution in [0.1, 0.15) is 63.3 Å². The van der Waals surface area contributed by atoms with Crippen molar-refractivity contribution in [1.82, 2.24) is 5.32 Å². The Hall–Kier alpha value is -2.29. The van der Waals surface area contributed by atoms with E-state index < -0.39 is 0 Å². The molecule has 0 aromatic heterocycles. The van der Waals surface area contributed by atoms with Crippen LogP contribution in [0, 0.1) is 0 Å². The summed E-state index contributed by atoms with van der Waals surface area (Å²) in [7, 11) is 1.65. The Kier molecular flexibility index (Phi) is 6.84. The summed E-state index contributed by atoms with van der Waals surface area (Å²) in [5.74, 6) is 0.918. The van der Waals surface area contributed by atoms with Gasteiger partial charge in [-0.2, -0.15) is 0 Å². The monoisotopic (exact) mass is 353 g/mol. The molecule has 3 nitrogen and oxygen atoms in total. The highest BCUT2D eigenvalue weighted by molar-refractivity contribution is 5.76. The van der Waals surface area contributed by atoms with E-state index in [0.717, 1.165) is 24.2 Å². The normalized spacial score (nSPS) is 12.5. The van der Waals surface area contributed by atoms with Gasteiger partial charge in [0.15, 0.2) is 0 Å². The molecule has 0 aliphatic heterocycles. The Morgan fingerprint density at radius 2 is 1.65 bits per heavy atom. The summed E-state index contributed by atoms with van der Waals surface area (Å²) in [5.41, 5.74) is 3.78. The van der Waals surface area contributed by atoms with E-state index in [2.05, 4.69) is 57.3 Å². The summed E-state index contributed by atoms with van der Waals surface area (Å²) in [6, 6.07) is 16.5. The molecule has 0 bridgehead atoms. The summed E-state index contributed by atoms with van der Waals surface area (Å²) in [5, 5.41) is 3.15. The number of rotatable bonds is 7. The van der Waals surface area contributed by atoms with Crippen LogP contribution in [-0.4, -0.2) is 13.0 Å². The lowest BCUT2D eigenvalue weighted by molar-refractivity contribution is -0.121. The van der Waals surface area contributed by atoms with Gasteiger partial charge >= 0.3 is 0 Å². The number of methoxy groups -OCH3 is 1. The molecule has 1 amide bonds. The van der Waals surface area contributed by atoms with Crippen molar-refractivity contribution in [2.24, 2.45) is 0 Å². The number of carbonyl (C=O) groups excluding carboxylic acids is 1. The maximum atomic E-state index is 12.4. The van der Waals surface area contributed by atoms with Gasteiger partial charge in [-0.25, -0.2) is 0 Å². The van der Waals surface area contributed by atoms with Crippen molar-refractivity contribution in [3.05, 3.63) is 65.2 Å². The van der Waals surface area contributed by atoms with Crippen LogP contribution in [0.2, 0.25) is 0 Å². The third-order valence-corrected chi connectivity index (χ3v) is 4.72. The zero-order valence-corrected chi connectivity index (χ0v) is 16.6. The highest BCUT2D eigenvalue weighted by atomic mass is 16.5. The van der Waals surface area contributed by atoms with Crippen LogP contribution in [0.3, 0.4) is 0 Å². The summed E-state index contributed by atoms with van der Waals surface area (Å²) in [6.07, 6.45) is 2.12. The largest absolute Gasteiger partial charge is 0.497 e. The fraction of sp³-hybridized carbons (Fsp3) is 0.435. The number of amides is 1. The van der Waals surface area contributed by atoms with Crippen molar-refractivity contribution in [1.29, 1.82) is 0 Å². The molecule has 1 unspecified atom stereocenters. The molecule has 0 aliphatic carbocycles. The van der Waals surface area contributed by atoms with E-state index in [9.17, 15) is 4.79 Å². The quantitative estimate of drug-likeness (QED) is 0.743. The zero-order chi connectivity index (χ0) is 19.2. The topological polar surface area (TPSA) is 38.3 Å². The van der Waals surface area contributed by atoms with E-state index >= 15 is 0 Å². The maximum Gasteiger partial charge on any atom is 0.220 e.